The van der Waals surface area contributed by atoms with Gasteiger partial charge in [0.2, 0.25) is 0 Å². The molecule has 2 nitrogen and oxygen atoms in total. The minimum Gasteiger partial charge on any atom is -0.331 e. The molecule has 0 aromatic heterocycles. The molecule has 1 N–H and O–H groups in total. The van der Waals surface area contributed by atoms with Gasteiger partial charge in [-0.15, -0.1) is 0 Å². The third-order valence-electron chi connectivity index (χ3n) is 11.5. The Balaban J connectivity index is 1.07. The van der Waals surface area contributed by atoms with Crippen LogP contribution in [-0.4, -0.2) is 0 Å². The Bertz CT molecular complexity index is 3040. The molecule has 2 heteroatoms. The van der Waals surface area contributed by atoms with Gasteiger partial charge in [-0.1, -0.05) is 188 Å². The number of hydrogen-bond acceptors (Lipinski definition) is 2. The summed E-state index contributed by atoms with van der Waals surface area (Å²) in [6.45, 7) is 0. The molecule has 10 aromatic carbocycles. The maximum Gasteiger partial charge on any atom is 0.110 e. The molecule has 0 saturated carbocycles. The smallest absolute Gasteiger partial charge is 0.110 e. The van der Waals surface area contributed by atoms with Gasteiger partial charge in [0.05, 0.1) is 0 Å². The van der Waals surface area contributed by atoms with Crippen LogP contribution in [0.5, 0.6) is 0 Å². The minimum atomic E-state index is -0.0238. The highest BCUT2D eigenvalue weighted by molar-refractivity contribution is 6.20. The van der Waals surface area contributed by atoms with Crippen molar-refractivity contribution in [2.45, 2.75) is 12.3 Å². The summed E-state index contributed by atoms with van der Waals surface area (Å²) in [5.41, 5.74) is 8.69. The first-order valence-corrected chi connectivity index (χ1v) is 18.8. The van der Waals surface area contributed by atoms with E-state index in [0.717, 1.165) is 0 Å². The van der Waals surface area contributed by atoms with E-state index in [0.29, 0.717) is 0 Å². The monoisotopic (exact) mass is 688 g/mol. The van der Waals surface area contributed by atoms with Crippen molar-refractivity contribution in [3.05, 3.63) is 211 Å². The van der Waals surface area contributed by atoms with E-state index >= 15 is 0 Å². The predicted octanol–water partition coefficient (Wildman–Crippen LogP) is 13.6. The van der Waals surface area contributed by atoms with Crippen molar-refractivity contribution in [2.24, 2.45) is 0 Å². The lowest BCUT2D eigenvalue weighted by Gasteiger charge is -2.52. The van der Waals surface area contributed by atoms with Crippen LogP contribution in [0.15, 0.2) is 200 Å². The van der Waals surface area contributed by atoms with Gasteiger partial charge in [0, 0.05) is 11.3 Å². The molecule has 2 unspecified atom stereocenters. The second-order valence-corrected chi connectivity index (χ2v) is 14.5. The molecule has 2 atom stereocenters. The lowest BCUT2D eigenvalue weighted by molar-refractivity contribution is 0.278. The topological polar surface area (TPSA) is 15.3 Å². The normalized spacial score (nSPS) is 15.7. The van der Waals surface area contributed by atoms with Gasteiger partial charge in [-0.25, -0.2) is 0 Å². The molecule has 0 amide bonds. The number of fused-ring (bicyclic) bond motifs is 7. The van der Waals surface area contributed by atoms with Crippen LogP contribution in [0.25, 0.3) is 76.1 Å². The average molecular weight is 689 g/mol. The fourth-order valence-corrected chi connectivity index (χ4v) is 8.99. The van der Waals surface area contributed by atoms with E-state index in [9.17, 15) is 0 Å². The zero-order valence-corrected chi connectivity index (χ0v) is 29.7. The molecule has 0 aliphatic carbocycles. The van der Waals surface area contributed by atoms with E-state index in [1.54, 1.807) is 0 Å². The van der Waals surface area contributed by atoms with Crippen LogP contribution in [0, 0.1) is 0 Å². The van der Waals surface area contributed by atoms with Gasteiger partial charge in [-0.2, -0.15) is 0 Å². The molecule has 1 aliphatic heterocycles. The third kappa shape index (κ3) is 4.85. The molecular formula is C52H36N2. The van der Waals surface area contributed by atoms with E-state index in [1.807, 2.05) is 0 Å². The van der Waals surface area contributed by atoms with Crippen LogP contribution in [0.1, 0.15) is 23.5 Å². The molecule has 0 spiro atoms. The Kier molecular flexibility index (Phi) is 7.11. The van der Waals surface area contributed by atoms with Crippen LogP contribution in [0.4, 0.5) is 5.69 Å². The first kappa shape index (κ1) is 30.8. The molecule has 1 aliphatic rings. The summed E-state index contributed by atoms with van der Waals surface area (Å²) in [5, 5.41) is 16.8. The first-order chi connectivity index (χ1) is 26.8. The van der Waals surface area contributed by atoms with Gasteiger partial charge in [-0.05, 0) is 93.8 Å². The second kappa shape index (κ2) is 12.4. The van der Waals surface area contributed by atoms with E-state index in [-0.39, 0.29) is 12.3 Å². The second-order valence-electron chi connectivity index (χ2n) is 14.5. The van der Waals surface area contributed by atoms with Gasteiger partial charge < -0.3 is 4.90 Å². The van der Waals surface area contributed by atoms with Crippen LogP contribution >= 0.6 is 0 Å². The highest BCUT2D eigenvalue weighted by atomic mass is 15.5. The maximum absolute atomic E-state index is 4.06. The van der Waals surface area contributed by atoms with E-state index in [1.165, 1.54) is 92.9 Å². The number of anilines is 1. The quantitative estimate of drug-likeness (QED) is 0.143. The molecular weight excluding hydrogens is 653 g/mol. The van der Waals surface area contributed by atoms with Crippen LogP contribution in [0.3, 0.4) is 0 Å². The lowest BCUT2D eigenvalue weighted by Crippen LogP contribution is -2.58. The van der Waals surface area contributed by atoms with Crippen molar-refractivity contribution in [1.29, 1.82) is 0 Å². The number of para-hydroxylation sites is 1. The summed E-state index contributed by atoms with van der Waals surface area (Å²) in [7, 11) is 0. The van der Waals surface area contributed by atoms with E-state index < -0.39 is 0 Å². The van der Waals surface area contributed by atoms with Crippen LogP contribution in [0.2, 0.25) is 0 Å². The molecule has 1 saturated heterocycles. The third-order valence-corrected chi connectivity index (χ3v) is 11.5. The number of benzene rings is 10. The highest BCUT2D eigenvalue weighted by Crippen LogP contribution is 2.48. The Hall–Kier alpha value is -6.74. The SMILES string of the molecule is c1ccc(-c2ccccc2N2C(c3ccc(-c4c5ccccc5cc5c4ccc4ccccc45)cc3)NC2c2cccc3ccc4ccccc4c23)cc1. The van der Waals surface area contributed by atoms with Crippen molar-refractivity contribution < 1.29 is 0 Å². The minimum absolute atomic E-state index is 0.0210. The summed E-state index contributed by atoms with van der Waals surface area (Å²) in [5.74, 6) is 0. The molecule has 0 bridgehead atoms. The maximum atomic E-state index is 4.06. The van der Waals surface area contributed by atoms with Crippen molar-refractivity contribution in [3.63, 3.8) is 0 Å². The molecule has 1 fully saturated rings. The van der Waals surface area contributed by atoms with Gasteiger partial charge in [0.15, 0.2) is 0 Å². The zero-order valence-electron chi connectivity index (χ0n) is 29.7. The fourth-order valence-electron chi connectivity index (χ4n) is 8.99. The fraction of sp³-hybridized carbons (Fsp3) is 0.0385. The standard InChI is InChI=1S/C52H36N2/c1-2-13-34(14-3-1)42-20-10-11-24-48(42)54-51(53-52(54)46-23-12-18-37-26-25-36-16-5-8-21-43(36)50(37)46)39-29-27-38(28-30-39)49-44-22-9-6-17-40(44)33-47-41-19-7-4-15-35(41)31-32-45(47)49/h1-33,51-53H. The van der Waals surface area contributed by atoms with Crippen molar-refractivity contribution >= 4 is 59.5 Å². The summed E-state index contributed by atoms with van der Waals surface area (Å²) < 4.78 is 0. The van der Waals surface area contributed by atoms with Gasteiger partial charge in [0.1, 0.15) is 12.3 Å². The summed E-state index contributed by atoms with van der Waals surface area (Å²) in [4.78, 5) is 2.59. The first-order valence-electron chi connectivity index (χ1n) is 18.8. The van der Waals surface area contributed by atoms with Crippen LogP contribution < -0.4 is 10.2 Å². The van der Waals surface area contributed by atoms with E-state index in [2.05, 4.69) is 210 Å². The van der Waals surface area contributed by atoms with Crippen LogP contribution in [-0.2, 0) is 0 Å². The Morgan fingerprint density at radius 1 is 0.370 bits per heavy atom. The summed E-state index contributed by atoms with van der Waals surface area (Å²) in [6.07, 6.45) is -0.0447. The number of nitrogens with one attached hydrogen (secondary N) is 1. The molecule has 1 heterocycles. The zero-order chi connectivity index (χ0) is 35.6. The lowest BCUT2D eigenvalue weighted by atomic mass is 9.88. The Morgan fingerprint density at radius 2 is 1.00 bits per heavy atom. The predicted molar refractivity (Wildman–Crippen MR) is 229 cm³/mol. The Labute approximate surface area is 314 Å². The number of hydrogen-bond donors (Lipinski definition) is 1. The average Bonchev–Trinajstić information content (AvgIpc) is 3.23. The highest BCUT2D eigenvalue weighted by Gasteiger charge is 2.41. The summed E-state index contributed by atoms with van der Waals surface area (Å²) >= 11 is 0. The van der Waals surface area contributed by atoms with Gasteiger partial charge >= 0.3 is 0 Å². The molecule has 11 rings (SSSR count). The largest absolute Gasteiger partial charge is 0.331 e. The molecule has 254 valence electrons. The molecule has 0 radical (unpaired) electrons. The van der Waals surface area contributed by atoms with Crippen molar-refractivity contribution in [1.82, 2.24) is 5.32 Å². The van der Waals surface area contributed by atoms with Gasteiger partial charge in [-0.3, -0.25) is 5.32 Å². The number of rotatable bonds is 5. The van der Waals surface area contributed by atoms with Crippen molar-refractivity contribution in [2.75, 3.05) is 4.90 Å². The molecule has 10 aromatic rings. The number of nitrogens with zero attached hydrogens (tertiary/aromatic N) is 1. The van der Waals surface area contributed by atoms with Crippen molar-refractivity contribution in [3.8, 4) is 22.3 Å². The summed E-state index contributed by atoms with van der Waals surface area (Å²) in [6, 6.07) is 73.4. The van der Waals surface area contributed by atoms with Gasteiger partial charge in [0.25, 0.3) is 0 Å². The Morgan fingerprint density at radius 3 is 1.83 bits per heavy atom. The molecule has 54 heavy (non-hydrogen) atoms. The van der Waals surface area contributed by atoms with E-state index in [4.69, 9.17) is 0 Å².